The van der Waals surface area contributed by atoms with Crippen molar-refractivity contribution in [2.45, 2.75) is 25.7 Å². The molecule has 9 nitrogen and oxygen atoms in total. The molecule has 190 valence electrons. The van der Waals surface area contributed by atoms with Crippen molar-refractivity contribution in [3.63, 3.8) is 0 Å². The molecule has 1 aliphatic rings. The van der Waals surface area contributed by atoms with Crippen molar-refractivity contribution in [2.24, 2.45) is 0 Å². The van der Waals surface area contributed by atoms with Crippen LogP contribution in [0, 0.1) is 11.6 Å². The molecule has 0 spiro atoms. The minimum atomic E-state index is -2.33. The van der Waals surface area contributed by atoms with E-state index in [1.165, 1.54) is 12.0 Å². The smallest absolute Gasteiger partial charge is 0.293 e. The molecule has 0 saturated carbocycles. The molecular weight excluding hydrogens is 492 g/mol. The van der Waals surface area contributed by atoms with Crippen molar-refractivity contribution >= 4 is 30.8 Å². The molecule has 0 radical (unpaired) electrons. The Morgan fingerprint density at radius 1 is 1.14 bits per heavy atom. The number of aromatic amines is 1. The summed E-state index contributed by atoms with van der Waals surface area (Å²) in [5, 5.41) is 4.60. The van der Waals surface area contributed by atoms with E-state index in [0.717, 1.165) is 18.2 Å². The maximum atomic E-state index is 14.8. The van der Waals surface area contributed by atoms with Crippen LogP contribution in [0.2, 0.25) is 19.6 Å². The summed E-state index contributed by atoms with van der Waals surface area (Å²) < 4.78 is 45.6. The van der Waals surface area contributed by atoms with Gasteiger partial charge in [0, 0.05) is 22.5 Å². The number of nitrogens with one attached hydrogen (secondary N) is 2. The van der Waals surface area contributed by atoms with Gasteiger partial charge in [-0.25, -0.2) is 8.78 Å². The van der Waals surface area contributed by atoms with Gasteiger partial charge >= 0.3 is 0 Å². The van der Waals surface area contributed by atoms with Gasteiger partial charge in [-0.05, 0) is 24.3 Å². The van der Waals surface area contributed by atoms with E-state index in [1.54, 1.807) is 18.2 Å². The Hall–Kier alpha value is -3.93. The van der Waals surface area contributed by atoms with E-state index < -0.39 is 43.1 Å². The molecule has 2 aromatic carbocycles. The fraction of sp³-hybridized carbons (Fsp3) is 0.292. The van der Waals surface area contributed by atoms with Crippen LogP contribution in [0.5, 0.6) is 11.5 Å². The van der Waals surface area contributed by atoms with Crippen LogP contribution in [0.1, 0.15) is 22.2 Å². The normalized spacial score (nSPS) is 15.5. The summed E-state index contributed by atoms with van der Waals surface area (Å²) in [5.74, 6) is -2.51. The Balaban J connectivity index is 1.75. The maximum Gasteiger partial charge on any atom is 0.293 e. The van der Waals surface area contributed by atoms with Crippen LogP contribution in [0.15, 0.2) is 45.7 Å². The Morgan fingerprint density at radius 2 is 1.83 bits per heavy atom. The fourth-order valence-electron chi connectivity index (χ4n) is 4.15. The fourth-order valence-corrected chi connectivity index (χ4v) is 5.72. The van der Waals surface area contributed by atoms with Crippen molar-refractivity contribution < 1.29 is 32.4 Å². The lowest BCUT2D eigenvalue weighted by atomic mass is 10.0. The summed E-state index contributed by atoms with van der Waals surface area (Å²) in [5.41, 5.74) is -0.404. The number of carbonyl (C=O) groups is 2. The van der Waals surface area contributed by atoms with E-state index in [-0.39, 0.29) is 29.8 Å². The number of ether oxygens (including phenoxy) is 2. The van der Waals surface area contributed by atoms with Crippen molar-refractivity contribution in [1.82, 2.24) is 10.1 Å². The molecule has 0 unspecified atom stereocenters. The maximum absolute atomic E-state index is 14.8. The minimum absolute atomic E-state index is 0.0263. The summed E-state index contributed by atoms with van der Waals surface area (Å²) in [6.45, 7) is 5.42. The SMILES string of the molecule is COc1ccc2c(c1)OCCN(C(=O)c1cc(=O)[nH]o1)[C@H]2C(=O)Nc1cc(F)c([Si](C)(C)C)c(F)c1. The highest BCUT2D eigenvalue weighted by Gasteiger charge is 2.38. The molecule has 1 atom stereocenters. The number of benzene rings is 2. The van der Waals surface area contributed by atoms with Crippen molar-refractivity contribution in [3.8, 4) is 11.5 Å². The second kappa shape index (κ2) is 9.61. The number of hydrogen-bond donors (Lipinski definition) is 2. The van der Waals surface area contributed by atoms with Crippen LogP contribution in [0.25, 0.3) is 0 Å². The van der Waals surface area contributed by atoms with E-state index in [4.69, 9.17) is 14.0 Å². The summed E-state index contributed by atoms with van der Waals surface area (Å²) in [7, 11) is -0.853. The number of aromatic nitrogens is 1. The number of anilines is 1. The van der Waals surface area contributed by atoms with Gasteiger partial charge in [0.05, 0.1) is 27.8 Å². The number of carbonyl (C=O) groups excluding carboxylic acids is 2. The zero-order valence-electron chi connectivity index (χ0n) is 20.1. The molecule has 0 aliphatic carbocycles. The predicted molar refractivity (Wildman–Crippen MR) is 130 cm³/mol. The number of halogens is 2. The Morgan fingerprint density at radius 3 is 2.42 bits per heavy atom. The number of methoxy groups -OCH3 is 1. The van der Waals surface area contributed by atoms with Crippen LogP contribution in [-0.2, 0) is 4.79 Å². The third-order valence-electron chi connectivity index (χ3n) is 5.72. The van der Waals surface area contributed by atoms with Gasteiger partial charge in [0.25, 0.3) is 17.4 Å². The van der Waals surface area contributed by atoms with Gasteiger partial charge in [-0.3, -0.25) is 14.4 Å². The zero-order valence-corrected chi connectivity index (χ0v) is 21.1. The second-order valence-electron chi connectivity index (χ2n) is 9.28. The molecule has 4 rings (SSSR count). The highest BCUT2D eigenvalue weighted by Crippen LogP contribution is 2.36. The summed E-state index contributed by atoms with van der Waals surface area (Å²) >= 11 is 0. The quantitative estimate of drug-likeness (QED) is 0.503. The molecule has 3 aromatic rings. The van der Waals surface area contributed by atoms with Crippen molar-refractivity contribution in [3.05, 3.63) is 69.7 Å². The van der Waals surface area contributed by atoms with Gasteiger partial charge in [0.15, 0.2) is 0 Å². The van der Waals surface area contributed by atoms with Crippen molar-refractivity contribution in [1.29, 1.82) is 0 Å². The molecule has 0 fully saturated rings. The molecule has 2 heterocycles. The molecule has 2 N–H and O–H groups in total. The lowest BCUT2D eigenvalue weighted by Gasteiger charge is -2.28. The topological polar surface area (TPSA) is 114 Å². The first-order valence-corrected chi connectivity index (χ1v) is 14.6. The van der Waals surface area contributed by atoms with Gasteiger partial charge in [-0.15, -0.1) is 0 Å². The average Bonchev–Trinajstić information content (AvgIpc) is 3.13. The predicted octanol–water partition coefficient (Wildman–Crippen LogP) is 3.01. The van der Waals surface area contributed by atoms with Gasteiger partial charge in [0.1, 0.15) is 35.8 Å². The number of fused-ring (bicyclic) bond motifs is 1. The molecule has 0 bridgehead atoms. The molecule has 0 saturated heterocycles. The standard InChI is InChI=1S/C24H25F2N3O6Si/c1-33-14-5-6-15-18(11-14)34-8-7-29(24(32)19-12-20(30)28-35-19)21(15)23(31)27-13-9-16(25)22(17(26)10-13)36(2,3)4/h5-6,9-12,21H,7-8H2,1-4H3,(H,27,31)(H,28,30)/t21-/m1/s1. The summed E-state index contributed by atoms with van der Waals surface area (Å²) in [6.07, 6.45) is 0. The van der Waals surface area contributed by atoms with E-state index >= 15 is 0 Å². The van der Waals surface area contributed by atoms with Crippen LogP contribution in [0.3, 0.4) is 0 Å². The monoisotopic (exact) mass is 517 g/mol. The highest BCUT2D eigenvalue weighted by atomic mass is 28.3. The summed E-state index contributed by atoms with van der Waals surface area (Å²) in [6, 6.07) is 6.55. The number of nitrogens with zero attached hydrogens (tertiary/aromatic N) is 1. The third kappa shape index (κ3) is 4.89. The minimum Gasteiger partial charge on any atom is -0.497 e. The van der Waals surface area contributed by atoms with Gasteiger partial charge in [0.2, 0.25) is 5.76 Å². The Labute approximate surface area is 206 Å². The van der Waals surface area contributed by atoms with Gasteiger partial charge in [-0.2, -0.15) is 5.16 Å². The van der Waals surface area contributed by atoms with E-state index in [0.29, 0.717) is 17.1 Å². The van der Waals surface area contributed by atoms with Gasteiger partial charge < -0.3 is 24.2 Å². The highest BCUT2D eigenvalue weighted by molar-refractivity contribution is 6.88. The largest absolute Gasteiger partial charge is 0.497 e. The molecule has 12 heteroatoms. The average molecular weight is 518 g/mol. The lowest BCUT2D eigenvalue weighted by Crippen LogP contribution is -2.43. The van der Waals surface area contributed by atoms with E-state index in [1.807, 2.05) is 24.8 Å². The van der Waals surface area contributed by atoms with Crippen LogP contribution in [-0.4, -0.2) is 50.2 Å². The Kier molecular flexibility index (Phi) is 6.72. The second-order valence-corrected chi connectivity index (χ2v) is 14.3. The van der Waals surface area contributed by atoms with Crippen molar-refractivity contribution in [2.75, 3.05) is 25.6 Å². The molecule has 36 heavy (non-hydrogen) atoms. The first kappa shape index (κ1) is 25.2. The van der Waals surface area contributed by atoms with Crippen LogP contribution >= 0.6 is 0 Å². The van der Waals surface area contributed by atoms with E-state index in [9.17, 15) is 23.2 Å². The summed E-state index contributed by atoms with van der Waals surface area (Å²) in [4.78, 5) is 39.5. The zero-order chi connectivity index (χ0) is 26.2. The number of amides is 2. The number of hydrogen-bond acceptors (Lipinski definition) is 6. The van der Waals surface area contributed by atoms with Crippen LogP contribution in [0.4, 0.5) is 14.5 Å². The lowest BCUT2D eigenvalue weighted by molar-refractivity contribution is -0.120. The third-order valence-corrected chi connectivity index (χ3v) is 7.70. The van der Waals surface area contributed by atoms with Gasteiger partial charge in [-0.1, -0.05) is 19.6 Å². The first-order valence-electron chi connectivity index (χ1n) is 11.1. The number of rotatable bonds is 5. The van der Waals surface area contributed by atoms with E-state index in [2.05, 4.69) is 5.32 Å². The molecular formula is C24H25F2N3O6Si. The molecule has 1 aliphatic heterocycles. The molecule has 2 amide bonds. The molecule has 1 aromatic heterocycles. The van der Waals surface area contributed by atoms with Crippen LogP contribution < -0.4 is 25.5 Å². The first-order chi connectivity index (χ1) is 17.0. The Bertz CT molecular complexity index is 1360. The number of H-pyrrole nitrogens is 1.